The molecule has 3 atom stereocenters. The molecule has 0 aromatic carbocycles. The smallest absolute Gasteiger partial charge is 0.0299 e. The van der Waals surface area contributed by atoms with E-state index in [2.05, 4.69) is 50.1 Å². The molecule has 1 saturated carbocycles. The van der Waals surface area contributed by atoms with Gasteiger partial charge in [-0.1, -0.05) is 19.4 Å². The molecule has 3 unspecified atom stereocenters. The van der Waals surface area contributed by atoms with Gasteiger partial charge in [-0.25, -0.2) is 0 Å². The second kappa shape index (κ2) is 6.71. The van der Waals surface area contributed by atoms with Crippen LogP contribution in [-0.2, 0) is 6.42 Å². The maximum Gasteiger partial charge on any atom is 0.0299 e. The predicted molar refractivity (Wildman–Crippen MR) is 85.7 cm³/mol. The molecule has 1 heterocycles. The Morgan fingerprint density at radius 2 is 2.05 bits per heavy atom. The SMILES string of the molecule is CC1CCC(CNC(C)(C)C)C(Cc2cccnc2)C1. The monoisotopic (exact) mass is 274 g/mol. The summed E-state index contributed by atoms with van der Waals surface area (Å²) < 4.78 is 0. The summed E-state index contributed by atoms with van der Waals surface area (Å²) >= 11 is 0. The summed E-state index contributed by atoms with van der Waals surface area (Å²) in [5.41, 5.74) is 1.62. The fraction of sp³-hybridized carbons (Fsp3) is 0.722. The molecule has 20 heavy (non-hydrogen) atoms. The minimum absolute atomic E-state index is 0.224. The third-order valence-corrected chi connectivity index (χ3v) is 4.52. The number of pyridine rings is 1. The van der Waals surface area contributed by atoms with Crippen molar-refractivity contribution in [3.63, 3.8) is 0 Å². The first-order valence-electron chi connectivity index (χ1n) is 8.08. The van der Waals surface area contributed by atoms with Gasteiger partial charge in [-0.05, 0) is 76.0 Å². The molecule has 1 aromatic heterocycles. The third-order valence-electron chi connectivity index (χ3n) is 4.52. The molecule has 1 aliphatic rings. The fourth-order valence-corrected chi connectivity index (χ4v) is 3.34. The van der Waals surface area contributed by atoms with Crippen molar-refractivity contribution >= 4 is 0 Å². The maximum absolute atomic E-state index is 4.26. The first-order valence-corrected chi connectivity index (χ1v) is 8.08. The van der Waals surface area contributed by atoms with Gasteiger partial charge in [0.15, 0.2) is 0 Å². The first kappa shape index (κ1) is 15.5. The van der Waals surface area contributed by atoms with Crippen molar-refractivity contribution in [3.05, 3.63) is 30.1 Å². The molecular formula is C18H30N2. The van der Waals surface area contributed by atoms with E-state index in [4.69, 9.17) is 0 Å². The quantitative estimate of drug-likeness (QED) is 0.895. The van der Waals surface area contributed by atoms with Gasteiger partial charge in [0.05, 0.1) is 0 Å². The van der Waals surface area contributed by atoms with E-state index >= 15 is 0 Å². The van der Waals surface area contributed by atoms with Crippen LogP contribution in [0.15, 0.2) is 24.5 Å². The van der Waals surface area contributed by atoms with Crippen LogP contribution in [0.5, 0.6) is 0 Å². The molecular weight excluding hydrogens is 244 g/mol. The van der Waals surface area contributed by atoms with E-state index in [1.54, 1.807) is 0 Å². The second-order valence-corrected chi connectivity index (χ2v) is 7.63. The minimum Gasteiger partial charge on any atom is -0.312 e. The Labute approximate surface area is 124 Å². The first-order chi connectivity index (χ1) is 9.44. The third kappa shape index (κ3) is 4.90. The van der Waals surface area contributed by atoms with E-state index < -0.39 is 0 Å². The van der Waals surface area contributed by atoms with E-state index in [0.29, 0.717) is 0 Å². The van der Waals surface area contributed by atoms with E-state index in [-0.39, 0.29) is 5.54 Å². The van der Waals surface area contributed by atoms with Crippen molar-refractivity contribution in [1.82, 2.24) is 10.3 Å². The molecule has 1 N–H and O–H groups in total. The van der Waals surface area contributed by atoms with Gasteiger partial charge < -0.3 is 5.32 Å². The lowest BCUT2D eigenvalue weighted by molar-refractivity contribution is 0.174. The van der Waals surface area contributed by atoms with Crippen LogP contribution < -0.4 is 5.32 Å². The van der Waals surface area contributed by atoms with Crippen LogP contribution in [0.25, 0.3) is 0 Å². The van der Waals surface area contributed by atoms with Crippen molar-refractivity contribution in [3.8, 4) is 0 Å². The van der Waals surface area contributed by atoms with Gasteiger partial charge in [-0.15, -0.1) is 0 Å². The molecule has 1 aromatic rings. The zero-order valence-electron chi connectivity index (χ0n) is 13.5. The molecule has 0 spiro atoms. The van der Waals surface area contributed by atoms with Crippen molar-refractivity contribution in [1.29, 1.82) is 0 Å². The summed E-state index contributed by atoms with van der Waals surface area (Å²) in [4.78, 5) is 4.26. The highest BCUT2D eigenvalue weighted by molar-refractivity contribution is 5.10. The molecule has 0 amide bonds. The molecule has 0 aliphatic heterocycles. The largest absolute Gasteiger partial charge is 0.312 e. The van der Waals surface area contributed by atoms with Gasteiger partial charge in [0.1, 0.15) is 0 Å². The standard InChI is InChI=1S/C18H30N2/c1-14-7-8-16(13-20-18(2,3)4)17(10-14)11-15-6-5-9-19-12-15/h5-6,9,12,14,16-17,20H,7-8,10-11,13H2,1-4H3. The Kier molecular flexibility index (Phi) is 5.20. The predicted octanol–water partition coefficient (Wildman–Crippen LogP) is 4.06. The molecule has 2 nitrogen and oxygen atoms in total. The second-order valence-electron chi connectivity index (χ2n) is 7.63. The fourth-order valence-electron chi connectivity index (χ4n) is 3.34. The van der Waals surface area contributed by atoms with Crippen LogP contribution in [0.3, 0.4) is 0 Å². The van der Waals surface area contributed by atoms with E-state index in [1.165, 1.54) is 31.2 Å². The summed E-state index contributed by atoms with van der Waals surface area (Å²) in [6, 6.07) is 4.28. The highest BCUT2D eigenvalue weighted by atomic mass is 14.9. The zero-order valence-corrected chi connectivity index (χ0v) is 13.5. The maximum atomic E-state index is 4.26. The number of aromatic nitrogens is 1. The normalized spacial score (nSPS) is 27.5. The van der Waals surface area contributed by atoms with Crippen LogP contribution in [0, 0.1) is 17.8 Å². The Balaban J connectivity index is 1.97. The Morgan fingerprint density at radius 3 is 2.70 bits per heavy atom. The van der Waals surface area contributed by atoms with Crippen molar-refractivity contribution < 1.29 is 0 Å². The van der Waals surface area contributed by atoms with E-state index in [1.807, 2.05) is 12.4 Å². The van der Waals surface area contributed by atoms with Crippen LogP contribution in [0.1, 0.15) is 52.5 Å². The minimum atomic E-state index is 0.224. The molecule has 112 valence electrons. The lowest BCUT2D eigenvalue weighted by atomic mass is 9.72. The molecule has 2 heteroatoms. The van der Waals surface area contributed by atoms with Crippen LogP contribution in [-0.4, -0.2) is 17.1 Å². The van der Waals surface area contributed by atoms with Gasteiger partial charge in [0.2, 0.25) is 0 Å². The van der Waals surface area contributed by atoms with Gasteiger partial charge in [-0.3, -0.25) is 4.98 Å². The van der Waals surface area contributed by atoms with Crippen LogP contribution in [0.2, 0.25) is 0 Å². The van der Waals surface area contributed by atoms with Gasteiger partial charge in [0, 0.05) is 17.9 Å². The van der Waals surface area contributed by atoms with Crippen molar-refractivity contribution in [2.24, 2.45) is 17.8 Å². The molecule has 1 aliphatic carbocycles. The lowest BCUT2D eigenvalue weighted by Crippen LogP contribution is -2.42. The number of hydrogen-bond donors (Lipinski definition) is 1. The lowest BCUT2D eigenvalue weighted by Gasteiger charge is -2.37. The van der Waals surface area contributed by atoms with Crippen molar-refractivity contribution in [2.45, 2.75) is 58.9 Å². The Hall–Kier alpha value is -0.890. The van der Waals surface area contributed by atoms with Crippen molar-refractivity contribution in [2.75, 3.05) is 6.54 Å². The Morgan fingerprint density at radius 1 is 1.25 bits per heavy atom. The van der Waals surface area contributed by atoms with Crippen LogP contribution >= 0.6 is 0 Å². The number of hydrogen-bond acceptors (Lipinski definition) is 2. The van der Waals surface area contributed by atoms with E-state index in [9.17, 15) is 0 Å². The number of nitrogens with one attached hydrogen (secondary N) is 1. The van der Waals surface area contributed by atoms with Gasteiger partial charge in [-0.2, -0.15) is 0 Å². The summed E-state index contributed by atoms with van der Waals surface area (Å²) in [6.07, 6.45) is 9.22. The zero-order chi connectivity index (χ0) is 14.6. The van der Waals surface area contributed by atoms with Crippen LogP contribution in [0.4, 0.5) is 0 Å². The molecule has 0 saturated heterocycles. The number of nitrogens with zero attached hydrogens (tertiary/aromatic N) is 1. The van der Waals surface area contributed by atoms with Gasteiger partial charge in [0.25, 0.3) is 0 Å². The average molecular weight is 274 g/mol. The summed E-state index contributed by atoms with van der Waals surface area (Å²) in [5.74, 6) is 2.49. The molecule has 0 radical (unpaired) electrons. The van der Waals surface area contributed by atoms with Gasteiger partial charge >= 0.3 is 0 Å². The topological polar surface area (TPSA) is 24.9 Å². The van der Waals surface area contributed by atoms with E-state index in [0.717, 1.165) is 24.3 Å². The highest BCUT2D eigenvalue weighted by Gasteiger charge is 2.29. The molecule has 0 bridgehead atoms. The highest BCUT2D eigenvalue weighted by Crippen LogP contribution is 2.35. The number of rotatable bonds is 4. The molecule has 1 fully saturated rings. The Bertz CT molecular complexity index is 394. The average Bonchev–Trinajstić information content (AvgIpc) is 2.38. The molecule has 2 rings (SSSR count). The summed E-state index contributed by atoms with van der Waals surface area (Å²) in [7, 11) is 0. The summed E-state index contributed by atoms with van der Waals surface area (Å²) in [5, 5.41) is 3.71. The summed E-state index contributed by atoms with van der Waals surface area (Å²) in [6.45, 7) is 10.3.